The fraction of sp³-hybridized carbons (Fsp3) is 0.235. The highest BCUT2D eigenvalue weighted by Crippen LogP contribution is 2.24. The van der Waals surface area contributed by atoms with Crippen molar-refractivity contribution in [1.82, 2.24) is 0 Å². The Kier molecular flexibility index (Phi) is 5.46. The van der Waals surface area contributed by atoms with E-state index >= 15 is 0 Å². The molecule has 7 heteroatoms. The van der Waals surface area contributed by atoms with E-state index in [2.05, 4.69) is 5.32 Å². The average Bonchev–Trinajstić information content (AvgIpc) is 2.49. The van der Waals surface area contributed by atoms with Crippen LogP contribution in [0.2, 0.25) is 0 Å². The zero-order chi connectivity index (χ0) is 17.7. The summed E-state index contributed by atoms with van der Waals surface area (Å²) in [6.07, 6.45) is -0.618. The second kappa shape index (κ2) is 7.35. The Morgan fingerprint density at radius 1 is 1.12 bits per heavy atom. The number of nitrogens with one attached hydrogen (secondary N) is 1. The molecule has 0 unspecified atom stereocenters. The van der Waals surface area contributed by atoms with E-state index in [0.717, 1.165) is 5.56 Å². The summed E-state index contributed by atoms with van der Waals surface area (Å²) in [6, 6.07) is 11.2. The van der Waals surface area contributed by atoms with Gasteiger partial charge in [0.25, 0.3) is 0 Å². The second-order valence-corrected chi connectivity index (χ2v) is 6.69. The monoisotopic (exact) mass is 349 g/mol. The van der Waals surface area contributed by atoms with Crippen molar-refractivity contribution in [1.29, 1.82) is 0 Å². The summed E-state index contributed by atoms with van der Waals surface area (Å²) in [7, 11) is -3.97. The van der Waals surface area contributed by atoms with Crippen molar-refractivity contribution in [2.75, 3.05) is 11.9 Å². The molecule has 0 spiro atoms. The minimum atomic E-state index is -3.97. The van der Waals surface area contributed by atoms with Gasteiger partial charge in [0.15, 0.2) is 0 Å². The predicted octanol–water partition coefficient (Wildman–Crippen LogP) is 3.64. The van der Waals surface area contributed by atoms with Gasteiger partial charge in [0.2, 0.25) is 0 Å². The highest BCUT2D eigenvalue weighted by Gasteiger charge is 2.19. The molecule has 0 atom stereocenters. The summed E-state index contributed by atoms with van der Waals surface area (Å²) in [5, 5.41) is 2.49. The first-order valence-corrected chi connectivity index (χ1v) is 8.78. The maximum absolute atomic E-state index is 12.5. The van der Waals surface area contributed by atoms with Gasteiger partial charge in [-0.15, -0.1) is 0 Å². The van der Waals surface area contributed by atoms with Crippen LogP contribution in [-0.4, -0.2) is 21.1 Å². The summed E-state index contributed by atoms with van der Waals surface area (Å²) in [6.45, 7) is 5.44. The van der Waals surface area contributed by atoms with Crippen molar-refractivity contribution in [3.05, 3.63) is 53.6 Å². The third-order valence-electron chi connectivity index (χ3n) is 3.17. The Morgan fingerprint density at radius 3 is 2.58 bits per heavy atom. The number of hydrogen-bond donors (Lipinski definition) is 1. The molecule has 0 aliphatic carbocycles. The van der Waals surface area contributed by atoms with E-state index in [1.165, 1.54) is 12.1 Å². The van der Waals surface area contributed by atoms with Crippen LogP contribution in [0.5, 0.6) is 5.75 Å². The number of amides is 1. The summed E-state index contributed by atoms with van der Waals surface area (Å²) in [5.74, 6) is 0.102. The van der Waals surface area contributed by atoms with E-state index in [4.69, 9.17) is 8.92 Å². The molecule has 2 aromatic rings. The summed E-state index contributed by atoms with van der Waals surface area (Å²) >= 11 is 0. The van der Waals surface area contributed by atoms with Crippen LogP contribution in [0.15, 0.2) is 47.4 Å². The standard InChI is InChI=1S/C17H19NO5S/c1-4-22-17(19)18-14-6-5-7-15(11-14)23-24(20,21)16-10-12(2)8-9-13(16)3/h5-11H,4H2,1-3H3,(H,18,19). The third-order valence-corrected chi connectivity index (χ3v) is 4.57. The molecule has 0 aromatic heterocycles. The molecule has 24 heavy (non-hydrogen) atoms. The van der Waals surface area contributed by atoms with E-state index in [0.29, 0.717) is 11.3 Å². The van der Waals surface area contributed by atoms with Gasteiger partial charge in [0.05, 0.1) is 6.61 Å². The molecule has 1 N–H and O–H groups in total. The first-order chi connectivity index (χ1) is 11.3. The van der Waals surface area contributed by atoms with Gasteiger partial charge in [-0.2, -0.15) is 8.42 Å². The zero-order valence-electron chi connectivity index (χ0n) is 13.7. The predicted molar refractivity (Wildman–Crippen MR) is 90.8 cm³/mol. The maximum atomic E-state index is 12.5. The molecular weight excluding hydrogens is 330 g/mol. The van der Waals surface area contributed by atoms with Crippen molar-refractivity contribution in [3.8, 4) is 5.75 Å². The quantitative estimate of drug-likeness (QED) is 0.834. The summed E-state index contributed by atoms with van der Waals surface area (Å²) < 4.78 is 34.9. The molecule has 2 rings (SSSR count). The number of ether oxygens (including phenoxy) is 1. The van der Waals surface area contributed by atoms with E-state index in [1.54, 1.807) is 38.1 Å². The van der Waals surface area contributed by atoms with Gasteiger partial charge in [-0.3, -0.25) is 5.32 Å². The van der Waals surface area contributed by atoms with Gasteiger partial charge >= 0.3 is 16.2 Å². The highest BCUT2D eigenvalue weighted by molar-refractivity contribution is 7.87. The average molecular weight is 349 g/mol. The van der Waals surface area contributed by atoms with E-state index in [9.17, 15) is 13.2 Å². The highest BCUT2D eigenvalue weighted by atomic mass is 32.2. The molecular formula is C17H19NO5S. The van der Waals surface area contributed by atoms with Gasteiger partial charge in [0.1, 0.15) is 10.6 Å². The Balaban J connectivity index is 2.24. The summed E-state index contributed by atoms with van der Waals surface area (Å²) in [4.78, 5) is 11.5. The van der Waals surface area contributed by atoms with Gasteiger partial charge in [0, 0.05) is 11.8 Å². The van der Waals surface area contributed by atoms with Gasteiger partial charge in [-0.25, -0.2) is 4.79 Å². The van der Waals surface area contributed by atoms with Crippen LogP contribution in [0.3, 0.4) is 0 Å². The molecule has 0 saturated carbocycles. The van der Waals surface area contributed by atoms with Crippen molar-refractivity contribution >= 4 is 21.9 Å². The van der Waals surface area contributed by atoms with Crippen LogP contribution in [-0.2, 0) is 14.9 Å². The lowest BCUT2D eigenvalue weighted by Crippen LogP contribution is -2.14. The minimum Gasteiger partial charge on any atom is -0.450 e. The normalized spacial score (nSPS) is 11.0. The largest absolute Gasteiger partial charge is 0.450 e. The molecule has 0 bridgehead atoms. The Hall–Kier alpha value is -2.54. The van der Waals surface area contributed by atoms with E-state index in [1.807, 2.05) is 13.0 Å². The lowest BCUT2D eigenvalue weighted by molar-refractivity contribution is 0.168. The van der Waals surface area contributed by atoms with Crippen LogP contribution < -0.4 is 9.50 Å². The molecule has 0 aliphatic heterocycles. The van der Waals surface area contributed by atoms with Gasteiger partial charge in [-0.1, -0.05) is 18.2 Å². The molecule has 0 saturated heterocycles. The van der Waals surface area contributed by atoms with E-state index in [-0.39, 0.29) is 17.3 Å². The lowest BCUT2D eigenvalue weighted by Gasteiger charge is -2.11. The number of anilines is 1. The number of aryl methyl sites for hydroxylation is 2. The molecule has 128 valence electrons. The smallest absolute Gasteiger partial charge is 0.411 e. The van der Waals surface area contributed by atoms with Crippen molar-refractivity contribution in [2.45, 2.75) is 25.7 Å². The molecule has 0 radical (unpaired) electrons. The Morgan fingerprint density at radius 2 is 1.88 bits per heavy atom. The van der Waals surface area contributed by atoms with Gasteiger partial charge < -0.3 is 8.92 Å². The van der Waals surface area contributed by atoms with Crippen molar-refractivity contribution < 1.29 is 22.1 Å². The fourth-order valence-electron chi connectivity index (χ4n) is 2.06. The molecule has 6 nitrogen and oxygen atoms in total. The van der Waals surface area contributed by atoms with Crippen LogP contribution in [0.25, 0.3) is 0 Å². The van der Waals surface area contributed by atoms with E-state index < -0.39 is 16.2 Å². The number of benzene rings is 2. The number of carbonyl (C=O) groups is 1. The number of hydrogen-bond acceptors (Lipinski definition) is 5. The van der Waals surface area contributed by atoms with Crippen LogP contribution in [0.4, 0.5) is 10.5 Å². The zero-order valence-corrected chi connectivity index (χ0v) is 14.5. The van der Waals surface area contributed by atoms with Gasteiger partial charge in [-0.05, 0) is 50.1 Å². The first-order valence-electron chi connectivity index (χ1n) is 7.37. The SMILES string of the molecule is CCOC(=O)Nc1cccc(OS(=O)(=O)c2cc(C)ccc2C)c1. The molecule has 1 amide bonds. The molecule has 0 fully saturated rings. The number of carbonyl (C=O) groups excluding carboxylic acids is 1. The molecule has 0 heterocycles. The van der Waals surface area contributed by atoms with Crippen LogP contribution >= 0.6 is 0 Å². The van der Waals surface area contributed by atoms with Crippen LogP contribution in [0, 0.1) is 13.8 Å². The third kappa shape index (κ3) is 4.48. The summed E-state index contributed by atoms with van der Waals surface area (Å²) in [5.41, 5.74) is 1.80. The molecule has 0 aliphatic rings. The fourth-order valence-corrected chi connectivity index (χ4v) is 3.30. The Bertz CT molecular complexity index is 846. The van der Waals surface area contributed by atoms with Crippen LogP contribution in [0.1, 0.15) is 18.1 Å². The van der Waals surface area contributed by atoms with Crippen molar-refractivity contribution in [2.24, 2.45) is 0 Å². The maximum Gasteiger partial charge on any atom is 0.411 e. The Labute approximate surface area is 141 Å². The molecule has 2 aromatic carbocycles. The topological polar surface area (TPSA) is 81.7 Å². The number of rotatable bonds is 5. The minimum absolute atomic E-state index is 0.102. The van der Waals surface area contributed by atoms with Crippen molar-refractivity contribution in [3.63, 3.8) is 0 Å². The first kappa shape index (κ1) is 17.8. The lowest BCUT2D eigenvalue weighted by atomic mass is 10.2. The second-order valence-electron chi connectivity index (χ2n) is 5.18.